The van der Waals surface area contributed by atoms with Crippen LogP contribution in [-0.4, -0.2) is 17.1 Å². The van der Waals surface area contributed by atoms with Gasteiger partial charge in [-0.15, -0.1) is 0 Å². The van der Waals surface area contributed by atoms with Crippen LogP contribution in [0.3, 0.4) is 0 Å². The second-order valence-corrected chi connectivity index (χ2v) is 9.80. The lowest BCUT2D eigenvalue weighted by atomic mass is 9.96. The first-order chi connectivity index (χ1) is 13.7. The summed E-state index contributed by atoms with van der Waals surface area (Å²) in [5, 5.41) is 15.9. The molecule has 1 amide bonds. The van der Waals surface area contributed by atoms with Crippen molar-refractivity contribution >= 4 is 39.3 Å². The van der Waals surface area contributed by atoms with E-state index in [1.807, 2.05) is 75.4 Å². The van der Waals surface area contributed by atoms with Crippen LogP contribution in [0.1, 0.15) is 50.5 Å². The number of carbonyl (C=O) groups excluding carboxylic acids is 1. The minimum absolute atomic E-state index is 0.0646. The highest BCUT2D eigenvalue weighted by Crippen LogP contribution is 2.32. The molecule has 0 aliphatic rings. The number of halogens is 1. The molecule has 0 radical (unpaired) electrons. The molecule has 0 bridgehead atoms. The summed E-state index contributed by atoms with van der Waals surface area (Å²) in [4.78, 5) is 11.5. The number of ether oxygens (including phenoxy) is 1. The molecule has 3 aromatic rings. The molecule has 3 aromatic carbocycles. The molecule has 2 N–H and O–H groups in total. The predicted octanol–water partition coefficient (Wildman–Crippen LogP) is 5.45. The van der Waals surface area contributed by atoms with Gasteiger partial charge in [0.25, 0.3) is 0 Å². The highest BCUT2D eigenvalue weighted by Gasteiger charge is 2.23. The van der Waals surface area contributed by atoms with E-state index in [2.05, 4.69) is 34.0 Å². The molecule has 2 unspecified atom stereocenters. The number of hydrogen-bond acceptors (Lipinski definition) is 3. The van der Waals surface area contributed by atoms with Gasteiger partial charge in [0.1, 0.15) is 15.4 Å². The SMILES string of the molecule is CC(=O)NC(C)(I)c1ccc2cc(C(O)c3ccc(OC(C)C)cc3)ccc2c1. The Kier molecular flexibility index (Phi) is 6.49. The Morgan fingerprint density at radius 1 is 1.00 bits per heavy atom. The van der Waals surface area contributed by atoms with E-state index in [-0.39, 0.29) is 12.0 Å². The van der Waals surface area contributed by atoms with Crippen molar-refractivity contribution in [3.63, 3.8) is 0 Å². The van der Waals surface area contributed by atoms with E-state index in [0.29, 0.717) is 0 Å². The fourth-order valence-corrected chi connectivity index (χ4v) is 4.04. The summed E-state index contributed by atoms with van der Waals surface area (Å²) in [6.45, 7) is 7.47. The van der Waals surface area contributed by atoms with Gasteiger partial charge in [0.2, 0.25) is 5.91 Å². The number of aliphatic hydroxyl groups excluding tert-OH is 1. The molecule has 29 heavy (non-hydrogen) atoms. The molecule has 0 heterocycles. The van der Waals surface area contributed by atoms with Crippen LogP contribution >= 0.6 is 22.6 Å². The van der Waals surface area contributed by atoms with E-state index < -0.39 is 9.65 Å². The van der Waals surface area contributed by atoms with Gasteiger partial charge in [-0.1, -0.05) is 36.4 Å². The van der Waals surface area contributed by atoms with Crippen LogP contribution in [0, 0.1) is 0 Å². The molecule has 0 aromatic heterocycles. The maximum absolute atomic E-state index is 11.5. The summed E-state index contributed by atoms with van der Waals surface area (Å²) < 4.78 is 5.19. The van der Waals surface area contributed by atoms with Crippen LogP contribution in [-0.2, 0) is 8.34 Å². The topological polar surface area (TPSA) is 58.6 Å². The molecule has 0 fully saturated rings. The Morgan fingerprint density at radius 3 is 2.21 bits per heavy atom. The van der Waals surface area contributed by atoms with Crippen LogP contribution in [0.2, 0.25) is 0 Å². The van der Waals surface area contributed by atoms with E-state index >= 15 is 0 Å². The number of hydrogen-bond donors (Lipinski definition) is 2. The lowest BCUT2D eigenvalue weighted by Crippen LogP contribution is -2.36. The first-order valence-electron chi connectivity index (χ1n) is 9.62. The normalized spacial score (nSPS) is 14.4. The molecule has 152 valence electrons. The fraction of sp³-hybridized carbons (Fsp3) is 0.292. The molecule has 4 nitrogen and oxygen atoms in total. The number of fused-ring (bicyclic) bond motifs is 1. The zero-order valence-corrected chi connectivity index (χ0v) is 19.2. The number of benzene rings is 3. The summed E-state index contributed by atoms with van der Waals surface area (Å²) in [7, 11) is 0. The molecule has 0 saturated heterocycles. The Bertz CT molecular complexity index is 1010. The third-order valence-electron chi connectivity index (χ3n) is 4.70. The van der Waals surface area contributed by atoms with Gasteiger partial charge < -0.3 is 15.2 Å². The number of rotatable bonds is 6. The molecule has 0 saturated carbocycles. The summed E-state index contributed by atoms with van der Waals surface area (Å²) >= 11 is 2.24. The summed E-state index contributed by atoms with van der Waals surface area (Å²) in [5.74, 6) is 0.730. The highest BCUT2D eigenvalue weighted by molar-refractivity contribution is 14.1. The molecule has 0 aliphatic heterocycles. The Balaban J connectivity index is 1.85. The van der Waals surface area contributed by atoms with Crippen LogP contribution in [0.5, 0.6) is 5.75 Å². The van der Waals surface area contributed by atoms with Crippen molar-refractivity contribution in [2.24, 2.45) is 0 Å². The fourth-order valence-electron chi connectivity index (χ4n) is 3.32. The average molecular weight is 503 g/mol. The molecule has 3 rings (SSSR count). The monoisotopic (exact) mass is 503 g/mol. The maximum atomic E-state index is 11.5. The molecule has 5 heteroatoms. The largest absolute Gasteiger partial charge is 0.491 e. The average Bonchev–Trinajstić information content (AvgIpc) is 2.65. The minimum Gasteiger partial charge on any atom is -0.491 e. The molecule has 0 aliphatic carbocycles. The van der Waals surface area contributed by atoms with E-state index in [1.165, 1.54) is 6.92 Å². The lowest BCUT2D eigenvalue weighted by molar-refractivity contribution is -0.119. The quantitative estimate of drug-likeness (QED) is 0.267. The van der Waals surface area contributed by atoms with Gasteiger partial charge in [0.05, 0.1) is 6.10 Å². The van der Waals surface area contributed by atoms with Crippen LogP contribution in [0.25, 0.3) is 10.8 Å². The van der Waals surface area contributed by atoms with E-state index in [4.69, 9.17) is 4.74 Å². The highest BCUT2D eigenvalue weighted by atomic mass is 127. The Hall–Kier alpha value is -2.12. The molecular weight excluding hydrogens is 477 g/mol. The summed E-state index contributed by atoms with van der Waals surface area (Å²) in [5.41, 5.74) is 2.68. The first-order valence-corrected chi connectivity index (χ1v) is 10.7. The van der Waals surface area contributed by atoms with Gasteiger partial charge in [-0.2, -0.15) is 0 Å². The van der Waals surface area contributed by atoms with E-state index in [1.54, 1.807) is 0 Å². The standard InChI is InChI=1S/C24H26INO3/c1-15(2)29-22-11-8-17(9-12-22)23(28)20-6-5-19-14-21(10-7-18(19)13-20)24(4,25)26-16(3)27/h5-15,23,28H,1-4H3,(H,26,27). The minimum atomic E-state index is -0.707. The smallest absolute Gasteiger partial charge is 0.218 e. The summed E-state index contributed by atoms with van der Waals surface area (Å²) in [6.07, 6.45) is -0.590. The Labute approximate surface area is 185 Å². The second-order valence-electron chi connectivity index (χ2n) is 7.64. The van der Waals surface area contributed by atoms with Crippen molar-refractivity contribution < 1.29 is 14.6 Å². The number of aliphatic hydroxyl groups is 1. The summed E-state index contributed by atoms with van der Waals surface area (Å²) in [6, 6.07) is 19.6. The third-order valence-corrected chi connectivity index (χ3v) is 5.59. The Morgan fingerprint density at radius 2 is 1.59 bits per heavy atom. The third kappa shape index (κ3) is 5.28. The van der Waals surface area contributed by atoms with Crippen molar-refractivity contribution in [3.05, 3.63) is 77.4 Å². The van der Waals surface area contributed by atoms with Crippen molar-refractivity contribution in [2.75, 3.05) is 0 Å². The van der Waals surface area contributed by atoms with Gasteiger partial charge in [-0.25, -0.2) is 0 Å². The van der Waals surface area contributed by atoms with E-state index in [0.717, 1.165) is 33.2 Å². The number of alkyl halides is 1. The van der Waals surface area contributed by atoms with Gasteiger partial charge in [-0.05, 0) is 95.1 Å². The van der Waals surface area contributed by atoms with Gasteiger partial charge in [0.15, 0.2) is 0 Å². The molecule has 2 atom stereocenters. The predicted molar refractivity (Wildman–Crippen MR) is 125 cm³/mol. The van der Waals surface area contributed by atoms with E-state index in [9.17, 15) is 9.90 Å². The number of nitrogens with one attached hydrogen (secondary N) is 1. The zero-order chi connectivity index (χ0) is 21.2. The van der Waals surface area contributed by atoms with Gasteiger partial charge in [0, 0.05) is 6.92 Å². The lowest BCUT2D eigenvalue weighted by Gasteiger charge is -2.24. The van der Waals surface area contributed by atoms with Crippen molar-refractivity contribution in [2.45, 2.75) is 43.4 Å². The van der Waals surface area contributed by atoms with Crippen molar-refractivity contribution in [1.29, 1.82) is 0 Å². The van der Waals surface area contributed by atoms with Gasteiger partial charge >= 0.3 is 0 Å². The van der Waals surface area contributed by atoms with Crippen LogP contribution < -0.4 is 10.1 Å². The van der Waals surface area contributed by atoms with Crippen molar-refractivity contribution in [3.8, 4) is 5.75 Å². The van der Waals surface area contributed by atoms with Gasteiger partial charge in [-0.3, -0.25) is 4.79 Å². The molecule has 0 spiro atoms. The number of amides is 1. The second kappa shape index (κ2) is 8.71. The van der Waals surface area contributed by atoms with Crippen LogP contribution in [0.15, 0.2) is 60.7 Å². The maximum Gasteiger partial charge on any atom is 0.218 e. The molecular formula is C24H26INO3. The zero-order valence-electron chi connectivity index (χ0n) is 17.1. The first kappa shape index (κ1) is 21.6. The van der Waals surface area contributed by atoms with Crippen LogP contribution in [0.4, 0.5) is 0 Å². The van der Waals surface area contributed by atoms with Crippen molar-refractivity contribution in [1.82, 2.24) is 5.32 Å². The number of carbonyl (C=O) groups is 1.